The number of hydrogen-bond acceptors (Lipinski definition) is 2. The Labute approximate surface area is 95.0 Å². The number of carboxylic acids is 1. The molecule has 0 saturated heterocycles. The summed E-state index contributed by atoms with van der Waals surface area (Å²) in [6.45, 7) is 1.70. The summed E-state index contributed by atoms with van der Waals surface area (Å²) in [6.07, 6.45) is 1.96. The van der Waals surface area contributed by atoms with Gasteiger partial charge >= 0.3 is 5.97 Å². The monoisotopic (exact) mass is 274 g/mol. The Morgan fingerprint density at radius 2 is 2.33 bits per heavy atom. The molecule has 0 aliphatic heterocycles. The smallest absolute Gasteiger partial charge is 0.326 e. The molecule has 6 heteroatoms. The Balaban J connectivity index is 2.66. The van der Waals surface area contributed by atoms with Crippen molar-refractivity contribution in [2.75, 3.05) is 0 Å². The zero-order valence-electron chi connectivity index (χ0n) is 8.08. The van der Waals surface area contributed by atoms with Gasteiger partial charge in [0.2, 0.25) is 0 Å². The molecule has 1 heterocycles. The van der Waals surface area contributed by atoms with Crippen LogP contribution in [0.2, 0.25) is 0 Å². The quantitative estimate of drug-likeness (QED) is 0.776. The van der Waals surface area contributed by atoms with Crippen LogP contribution >= 0.6 is 15.9 Å². The molecule has 5 nitrogen and oxygen atoms in total. The molecule has 0 bridgehead atoms. The number of rotatable bonds is 4. The Morgan fingerprint density at radius 1 is 1.67 bits per heavy atom. The molecular formula is C9H11BrN2O3. The molecule has 0 fully saturated rings. The minimum atomic E-state index is -1.03. The maximum absolute atomic E-state index is 11.5. The van der Waals surface area contributed by atoms with Crippen molar-refractivity contribution in [2.24, 2.45) is 0 Å². The highest BCUT2D eigenvalue weighted by molar-refractivity contribution is 9.10. The molecular weight excluding hydrogens is 264 g/mol. The predicted molar refractivity (Wildman–Crippen MR) is 57.7 cm³/mol. The van der Waals surface area contributed by atoms with E-state index < -0.39 is 17.9 Å². The van der Waals surface area contributed by atoms with E-state index in [-0.39, 0.29) is 0 Å². The van der Waals surface area contributed by atoms with Crippen molar-refractivity contribution in [1.29, 1.82) is 0 Å². The van der Waals surface area contributed by atoms with Crippen LogP contribution in [0.25, 0.3) is 0 Å². The van der Waals surface area contributed by atoms with Gasteiger partial charge in [-0.15, -0.1) is 0 Å². The molecule has 0 aliphatic carbocycles. The molecule has 15 heavy (non-hydrogen) atoms. The Bertz CT molecular complexity index is 375. The number of carbonyl (C=O) groups excluding carboxylic acids is 1. The van der Waals surface area contributed by atoms with Crippen molar-refractivity contribution in [1.82, 2.24) is 10.3 Å². The van der Waals surface area contributed by atoms with E-state index in [1.54, 1.807) is 19.2 Å². The number of aromatic amines is 1. The van der Waals surface area contributed by atoms with E-state index in [9.17, 15) is 9.59 Å². The van der Waals surface area contributed by atoms with Gasteiger partial charge in [0.05, 0.1) is 0 Å². The zero-order valence-corrected chi connectivity index (χ0v) is 9.67. The molecule has 1 aromatic heterocycles. The van der Waals surface area contributed by atoms with E-state index in [0.717, 1.165) is 4.47 Å². The first kappa shape index (κ1) is 11.8. The van der Waals surface area contributed by atoms with Crippen molar-refractivity contribution >= 4 is 27.8 Å². The van der Waals surface area contributed by atoms with Crippen LogP contribution in [0.5, 0.6) is 0 Å². The topological polar surface area (TPSA) is 82.2 Å². The van der Waals surface area contributed by atoms with Gasteiger partial charge in [-0.25, -0.2) is 4.79 Å². The van der Waals surface area contributed by atoms with Crippen LogP contribution in [-0.2, 0) is 4.79 Å². The summed E-state index contributed by atoms with van der Waals surface area (Å²) >= 11 is 3.19. The maximum Gasteiger partial charge on any atom is 0.326 e. The van der Waals surface area contributed by atoms with E-state index >= 15 is 0 Å². The molecule has 3 N–H and O–H groups in total. The standard InChI is InChI=1S/C9H11BrN2O3/c1-2-6(9(14)15)12-8(13)7-3-5(10)4-11-7/h3-4,6,11H,2H2,1H3,(H,12,13)(H,14,15)/t6-/m0/s1. The highest BCUT2D eigenvalue weighted by atomic mass is 79.9. The number of H-pyrrole nitrogens is 1. The second-order valence-electron chi connectivity index (χ2n) is 3.00. The number of hydrogen-bond donors (Lipinski definition) is 3. The van der Waals surface area contributed by atoms with Crippen LogP contribution in [0.1, 0.15) is 23.8 Å². The van der Waals surface area contributed by atoms with E-state index in [4.69, 9.17) is 5.11 Å². The van der Waals surface area contributed by atoms with E-state index in [0.29, 0.717) is 12.1 Å². The van der Waals surface area contributed by atoms with Crippen LogP contribution < -0.4 is 5.32 Å². The Kier molecular flexibility index (Phi) is 3.90. The van der Waals surface area contributed by atoms with Gasteiger partial charge in [-0.05, 0) is 28.4 Å². The number of carboxylic acid groups (broad SMARTS) is 1. The zero-order chi connectivity index (χ0) is 11.4. The minimum Gasteiger partial charge on any atom is -0.480 e. The first-order chi connectivity index (χ1) is 7.04. The van der Waals surface area contributed by atoms with Crippen LogP contribution in [0, 0.1) is 0 Å². The van der Waals surface area contributed by atoms with Gasteiger partial charge in [-0.3, -0.25) is 4.79 Å². The molecule has 1 amide bonds. The molecule has 1 rings (SSSR count). The van der Waals surface area contributed by atoms with Crippen molar-refractivity contribution in [3.8, 4) is 0 Å². The fraction of sp³-hybridized carbons (Fsp3) is 0.333. The van der Waals surface area contributed by atoms with Gasteiger partial charge in [0, 0.05) is 10.7 Å². The fourth-order valence-corrected chi connectivity index (χ4v) is 1.42. The van der Waals surface area contributed by atoms with Crippen molar-refractivity contribution in [3.05, 3.63) is 22.4 Å². The van der Waals surface area contributed by atoms with Gasteiger partial charge in [-0.1, -0.05) is 6.92 Å². The summed E-state index contributed by atoms with van der Waals surface area (Å²) in [5.74, 6) is -1.45. The summed E-state index contributed by atoms with van der Waals surface area (Å²) in [6, 6.07) is 0.740. The molecule has 0 aliphatic rings. The average molecular weight is 275 g/mol. The van der Waals surface area contributed by atoms with Gasteiger partial charge in [-0.2, -0.15) is 0 Å². The largest absolute Gasteiger partial charge is 0.480 e. The molecule has 0 saturated carbocycles. The van der Waals surface area contributed by atoms with Gasteiger partial charge in [0.1, 0.15) is 11.7 Å². The Hall–Kier alpha value is -1.30. The second-order valence-corrected chi connectivity index (χ2v) is 3.92. The van der Waals surface area contributed by atoms with Crippen LogP contribution in [-0.4, -0.2) is 28.0 Å². The number of halogens is 1. The summed E-state index contributed by atoms with van der Waals surface area (Å²) in [4.78, 5) is 24.9. The van der Waals surface area contributed by atoms with Crippen LogP contribution in [0.15, 0.2) is 16.7 Å². The molecule has 0 radical (unpaired) electrons. The maximum atomic E-state index is 11.5. The van der Waals surface area contributed by atoms with Crippen LogP contribution in [0.3, 0.4) is 0 Å². The molecule has 82 valence electrons. The molecule has 0 aromatic carbocycles. The number of carbonyl (C=O) groups is 2. The highest BCUT2D eigenvalue weighted by Gasteiger charge is 2.18. The predicted octanol–water partition coefficient (Wildman–Crippen LogP) is 1.37. The van der Waals surface area contributed by atoms with Crippen LogP contribution in [0.4, 0.5) is 0 Å². The number of aromatic nitrogens is 1. The van der Waals surface area contributed by atoms with Crippen molar-refractivity contribution in [3.63, 3.8) is 0 Å². The first-order valence-electron chi connectivity index (χ1n) is 4.42. The van der Waals surface area contributed by atoms with Crippen molar-refractivity contribution < 1.29 is 14.7 Å². The third-order valence-electron chi connectivity index (χ3n) is 1.90. The molecule has 0 spiro atoms. The van der Waals surface area contributed by atoms with Gasteiger partial charge in [0.25, 0.3) is 5.91 Å². The highest BCUT2D eigenvalue weighted by Crippen LogP contribution is 2.10. The van der Waals surface area contributed by atoms with E-state index in [1.165, 1.54) is 0 Å². The lowest BCUT2D eigenvalue weighted by molar-refractivity contribution is -0.139. The first-order valence-corrected chi connectivity index (χ1v) is 5.21. The lowest BCUT2D eigenvalue weighted by atomic mass is 10.2. The molecule has 1 atom stereocenters. The third kappa shape index (κ3) is 3.09. The fourth-order valence-electron chi connectivity index (χ4n) is 1.07. The number of nitrogens with one attached hydrogen (secondary N) is 2. The lowest BCUT2D eigenvalue weighted by Crippen LogP contribution is -2.40. The van der Waals surface area contributed by atoms with Crippen molar-refractivity contribution in [2.45, 2.75) is 19.4 Å². The van der Waals surface area contributed by atoms with E-state index in [1.807, 2.05) is 0 Å². The second kappa shape index (κ2) is 4.97. The Morgan fingerprint density at radius 3 is 2.73 bits per heavy atom. The number of aliphatic carboxylic acids is 1. The molecule has 1 aromatic rings. The normalized spacial score (nSPS) is 12.1. The summed E-state index contributed by atoms with van der Waals surface area (Å²) in [5, 5.41) is 11.1. The molecule has 0 unspecified atom stereocenters. The van der Waals surface area contributed by atoms with Gasteiger partial charge < -0.3 is 15.4 Å². The average Bonchev–Trinajstić information content (AvgIpc) is 2.60. The summed E-state index contributed by atoms with van der Waals surface area (Å²) in [7, 11) is 0. The SMILES string of the molecule is CC[C@H](NC(=O)c1cc(Br)c[nH]1)C(=O)O. The summed E-state index contributed by atoms with van der Waals surface area (Å²) < 4.78 is 0.746. The summed E-state index contributed by atoms with van der Waals surface area (Å²) in [5.41, 5.74) is 0.335. The third-order valence-corrected chi connectivity index (χ3v) is 2.36. The number of amides is 1. The van der Waals surface area contributed by atoms with Gasteiger partial charge in [0.15, 0.2) is 0 Å². The lowest BCUT2D eigenvalue weighted by Gasteiger charge is -2.10. The minimum absolute atomic E-state index is 0.335. The van der Waals surface area contributed by atoms with E-state index in [2.05, 4.69) is 26.2 Å².